The number of rotatable bonds is 5. The quantitative estimate of drug-likeness (QED) is 0.576. The topological polar surface area (TPSA) is 72.7 Å². The summed E-state index contributed by atoms with van der Waals surface area (Å²) in [4.78, 5) is 19.9. The molecule has 0 saturated heterocycles. The smallest absolute Gasteiger partial charge is 0.289 e. The molecule has 3 aromatic rings. The fourth-order valence-electron chi connectivity index (χ4n) is 2.13. The summed E-state index contributed by atoms with van der Waals surface area (Å²) in [5.74, 6) is -0.778. The molecule has 0 saturated carbocycles. The van der Waals surface area contributed by atoms with Crippen LogP contribution >= 0.6 is 27.7 Å². The van der Waals surface area contributed by atoms with Crippen LogP contribution in [0.3, 0.4) is 0 Å². The Kier molecular flexibility index (Phi) is 5.80. The molecule has 1 aromatic carbocycles. The van der Waals surface area contributed by atoms with Gasteiger partial charge in [0.15, 0.2) is 0 Å². The first-order valence-electron chi connectivity index (χ1n) is 7.46. The third-order valence-corrected chi connectivity index (χ3v) is 4.53. The Morgan fingerprint density at radius 1 is 1.19 bits per heavy atom. The molecule has 140 valence electrons. The minimum absolute atomic E-state index is 0.0103. The molecule has 0 fully saturated rings. The summed E-state index contributed by atoms with van der Waals surface area (Å²) in [7, 11) is 0. The third-order valence-electron chi connectivity index (χ3n) is 3.25. The summed E-state index contributed by atoms with van der Waals surface area (Å²) in [5, 5.41) is 6.07. The summed E-state index contributed by atoms with van der Waals surface area (Å²) in [6.45, 7) is 0.429. The Morgan fingerprint density at radius 3 is 2.63 bits per heavy atom. The molecule has 0 spiro atoms. The van der Waals surface area contributed by atoms with Gasteiger partial charge in [-0.25, -0.2) is 14.6 Å². The summed E-state index contributed by atoms with van der Waals surface area (Å²) in [5.41, 5.74) is -3.78. The summed E-state index contributed by atoms with van der Waals surface area (Å²) in [6, 6.07) is 10.2. The Morgan fingerprint density at radius 2 is 1.93 bits per heavy atom. The van der Waals surface area contributed by atoms with Crippen LogP contribution in [0, 0.1) is 0 Å². The molecule has 0 aliphatic carbocycles. The molecule has 0 bridgehead atoms. The highest BCUT2D eigenvalue weighted by molar-refractivity contribution is 9.10. The maximum Gasteiger partial charge on any atom is 0.447 e. The van der Waals surface area contributed by atoms with Crippen LogP contribution in [0.15, 0.2) is 58.4 Å². The average Bonchev–Trinajstić information content (AvgIpc) is 3.03. The largest absolute Gasteiger partial charge is 0.447 e. The number of pyridine rings is 1. The van der Waals surface area contributed by atoms with Gasteiger partial charge in [0.05, 0.1) is 12.1 Å². The van der Waals surface area contributed by atoms with E-state index in [1.807, 2.05) is 24.3 Å². The van der Waals surface area contributed by atoms with E-state index in [-0.39, 0.29) is 11.5 Å². The van der Waals surface area contributed by atoms with E-state index in [2.05, 4.69) is 36.3 Å². The van der Waals surface area contributed by atoms with Gasteiger partial charge in [0, 0.05) is 22.4 Å². The highest BCUT2D eigenvalue weighted by Gasteiger charge is 2.32. The van der Waals surface area contributed by atoms with E-state index in [0.717, 1.165) is 10.0 Å². The number of hydrogen-bond donors (Lipinski definition) is 1. The van der Waals surface area contributed by atoms with Gasteiger partial charge >= 0.3 is 5.51 Å². The molecule has 1 N–H and O–H groups in total. The van der Waals surface area contributed by atoms with Crippen LogP contribution < -0.4 is 5.32 Å². The molecule has 2 aromatic heterocycles. The molecular formula is C16H11BrF3N5OS. The van der Waals surface area contributed by atoms with Crippen molar-refractivity contribution in [3.8, 4) is 0 Å². The van der Waals surface area contributed by atoms with E-state index in [4.69, 9.17) is 0 Å². The van der Waals surface area contributed by atoms with E-state index < -0.39 is 28.2 Å². The van der Waals surface area contributed by atoms with Crippen LogP contribution in [0.4, 0.5) is 19.1 Å². The third kappa shape index (κ3) is 5.54. The van der Waals surface area contributed by atoms with Crippen molar-refractivity contribution in [3.05, 3.63) is 64.5 Å². The zero-order valence-corrected chi connectivity index (χ0v) is 15.8. The van der Waals surface area contributed by atoms with Crippen LogP contribution in [0.1, 0.15) is 15.9 Å². The number of thioether (sulfide) groups is 1. The predicted molar refractivity (Wildman–Crippen MR) is 97.4 cm³/mol. The van der Waals surface area contributed by atoms with Crippen LogP contribution in [0.25, 0.3) is 0 Å². The Labute approximate surface area is 164 Å². The summed E-state index contributed by atoms with van der Waals surface area (Å²) < 4.78 is 40.3. The van der Waals surface area contributed by atoms with Crippen LogP contribution in [-0.2, 0) is 6.54 Å². The number of alkyl halides is 3. The standard InChI is InChI=1S/C16H11BrF3N5OS/c17-11-5-3-10(4-6-11)8-25-9-22-15(24-25)23-13(26)12-2-1-7-21-14(12)27-16(18,19)20/h1-7,9H,8H2,(H,23,24,26). The zero-order chi connectivity index (χ0) is 19.4. The average molecular weight is 458 g/mol. The molecule has 2 heterocycles. The van der Waals surface area contributed by atoms with E-state index in [1.165, 1.54) is 29.3 Å². The molecular weight excluding hydrogens is 447 g/mol. The van der Waals surface area contributed by atoms with Gasteiger partial charge in [-0.05, 0) is 29.8 Å². The normalized spacial score (nSPS) is 11.4. The molecule has 0 atom stereocenters. The van der Waals surface area contributed by atoms with E-state index in [0.29, 0.717) is 6.54 Å². The lowest BCUT2D eigenvalue weighted by atomic mass is 10.2. The van der Waals surface area contributed by atoms with Crippen molar-refractivity contribution < 1.29 is 18.0 Å². The zero-order valence-electron chi connectivity index (χ0n) is 13.4. The second kappa shape index (κ2) is 8.09. The number of hydrogen-bond acceptors (Lipinski definition) is 5. The Balaban J connectivity index is 1.70. The molecule has 0 aliphatic heterocycles. The van der Waals surface area contributed by atoms with Crippen molar-refractivity contribution in [1.82, 2.24) is 19.7 Å². The maximum absolute atomic E-state index is 12.6. The first kappa shape index (κ1) is 19.4. The number of nitrogens with zero attached hydrogens (tertiary/aromatic N) is 4. The molecule has 1 amide bonds. The second-order valence-corrected chi connectivity index (χ2v) is 7.22. The molecule has 3 rings (SSSR count). The van der Waals surface area contributed by atoms with Crippen molar-refractivity contribution in [2.45, 2.75) is 17.1 Å². The highest BCUT2D eigenvalue weighted by Crippen LogP contribution is 2.37. The van der Waals surface area contributed by atoms with Gasteiger partial charge in [-0.1, -0.05) is 28.1 Å². The SMILES string of the molecule is O=C(Nc1ncn(Cc2ccc(Br)cc2)n1)c1cccnc1SC(F)(F)F. The van der Waals surface area contributed by atoms with Gasteiger partial charge < -0.3 is 0 Å². The number of amides is 1. The molecule has 27 heavy (non-hydrogen) atoms. The van der Waals surface area contributed by atoms with Crippen molar-refractivity contribution in [2.24, 2.45) is 0 Å². The fraction of sp³-hybridized carbons (Fsp3) is 0.125. The first-order valence-corrected chi connectivity index (χ1v) is 9.07. The summed E-state index contributed by atoms with van der Waals surface area (Å²) >= 11 is 2.90. The number of aromatic nitrogens is 4. The predicted octanol–water partition coefficient (Wildman–Crippen LogP) is 4.35. The molecule has 11 heteroatoms. The molecule has 0 radical (unpaired) electrons. The van der Waals surface area contributed by atoms with Crippen LogP contribution in [0.5, 0.6) is 0 Å². The monoisotopic (exact) mass is 457 g/mol. The first-order chi connectivity index (χ1) is 12.8. The number of carbonyl (C=O) groups is 1. The van der Waals surface area contributed by atoms with E-state index >= 15 is 0 Å². The van der Waals surface area contributed by atoms with Crippen molar-refractivity contribution in [2.75, 3.05) is 5.32 Å². The number of halogens is 4. The number of anilines is 1. The van der Waals surface area contributed by atoms with Crippen LogP contribution in [0.2, 0.25) is 0 Å². The van der Waals surface area contributed by atoms with Gasteiger partial charge in [0.1, 0.15) is 11.4 Å². The van der Waals surface area contributed by atoms with Gasteiger partial charge in [-0.2, -0.15) is 13.2 Å². The Hall–Kier alpha value is -2.40. The maximum atomic E-state index is 12.6. The van der Waals surface area contributed by atoms with Crippen molar-refractivity contribution in [3.63, 3.8) is 0 Å². The lowest BCUT2D eigenvalue weighted by Gasteiger charge is -2.09. The molecule has 0 aliphatic rings. The van der Waals surface area contributed by atoms with Crippen molar-refractivity contribution in [1.29, 1.82) is 0 Å². The lowest BCUT2D eigenvalue weighted by molar-refractivity contribution is -0.0329. The second-order valence-electron chi connectivity index (χ2n) is 5.25. The van der Waals surface area contributed by atoms with Gasteiger partial charge in [-0.15, -0.1) is 5.10 Å². The number of benzene rings is 1. The van der Waals surface area contributed by atoms with Gasteiger partial charge in [0.25, 0.3) is 5.91 Å². The Bertz CT molecular complexity index is 946. The van der Waals surface area contributed by atoms with E-state index in [9.17, 15) is 18.0 Å². The van der Waals surface area contributed by atoms with Crippen molar-refractivity contribution >= 4 is 39.5 Å². The van der Waals surface area contributed by atoms with E-state index in [1.54, 1.807) is 0 Å². The molecule has 6 nitrogen and oxygen atoms in total. The highest BCUT2D eigenvalue weighted by atomic mass is 79.9. The number of carbonyl (C=O) groups excluding carboxylic acids is 1. The minimum Gasteiger partial charge on any atom is -0.289 e. The minimum atomic E-state index is -4.55. The summed E-state index contributed by atoms with van der Waals surface area (Å²) in [6.07, 6.45) is 2.61. The number of nitrogens with one attached hydrogen (secondary N) is 1. The van der Waals surface area contributed by atoms with Gasteiger partial charge in [0.2, 0.25) is 5.95 Å². The lowest BCUT2D eigenvalue weighted by Crippen LogP contribution is -2.16. The molecule has 0 unspecified atom stereocenters. The van der Waals surface area contributed by atoms with Gasteiger partial charge in [-0.3, -0.25) is 10.1 Å². The fourth-order valence-corrected chi connectivity index (χ4v) is 3.00. The van der Waals surface area contributed by atoms with Crippen LogP contribution in [-0.4, -0.2) is 31.2 Å².